The van der Waals surface area contributed by atoms with E-state index in [2.05, 4.69) is 37.5 Å². The fourth-order valence-electron chi connectivity index (χ4n) is 5.05. The maximum Gasteiger partial charge on any atom is 0.229 e. The smallest absolute Gasteiger partial charge is 0.229 e. The fraction of sp³-hybridized carbons (Fsp3) is 0.292. The monoisotopic (exact) mass is 507 g/mol. The number of hydrogen-bond donors (Lipinski definition) is 2. The molecule has 36 heavy (non-hydrogen) atoms. The molecule has 1 amide bonds. The molecule has 1 aromatic carbocycles. The molecule has 3 atom stereocenters. The van der Waals surface area contributed by atoms with Gasteiger partial charge in [-0.25, -0.2) is 9.37 Å². The summed E-state index contributed by atoms with van der Waals surface area (Å²) < 4.78 is 18.7. The Balaban J connectivity index is 1.31. The highest BCUT2D eigenvalue weighted by molar-refractivity contribution is 6.35. The van der Waals surface area contributed by atoms with Crippen LogP contribution in [0.25, 0.3) is 27.8 Å². The van der Waals surface area contributed by atoms with Crippen molar-refractivity contribution in [3.63, 3.8) is 0 Å². The third-order valence-electron chi connectivity index (χ3n) is 6.85. The molecule has 0 radical (unpaired) electrons. The summed E-state index contributed by atoms with van der Waals surface area (Å²) in [5.74, 6) is -0.00797. The Morgan fingerprint density at radius 2 is 2.03 bits per heavy atom. The third-order valence-corrected chi connectivity index (χ3v) is 7.21. The summed E-state index contributed by atoms with van der Waals surface area (Å²) in [5, 5.41) is 14.7. The number of carbonyl (C=O) groups excluding carboxylic acids is 1. The van der Waals surface area contributed by atoms with E-state index in [0.717, 1.165) is 5.56 Å². The summed E-state index contributed by atoms with van der Waals surface area (Å²) >= 11 is 6.49. The Morgan fingerprint density at radius 1 is 1.22 bits per heavy atom. The highest BCUT2D eigenvalue weighted by atomic mass is 35.5. The lowest BCUT2D eigenvalue weighted by molar-refractivity contribution is -0.117. The van der Waals surface area contributed by atoms with Crippen molar-refractivity contribution in [2.45, 2.75) is 12.8 Å². The first kappa shape index (κ1) is 22.5. The van der Waals surface area contributed by atoms with Crippen LogP contribution in [0.3, 0.4) is 0 Å². The number of benzene rings is 1. The maximum absolute atomic E-state index is 15.2. The molecule has 1 aliphatic rings. The number of nitrogens with zero attached hydrogens (tertiary/aromatic N) is 7. The van der Waals surface area contributed by atoms with Crippen LogP contribution in [0, 0.1) is 17.7 Å². The predicted molar refractivity (Wildman–Crippen MR) is 135 cm³/mol. The Kier molecular flexibility index (Phi) is 5.01. The highest BCUT2D eigenvalue weighted by Crippen LogP contribution is 2.54. The summed E-state index contributed by atoms with van der Waals surface area (Å²) in [6.45, 7) is 2.06. The maximum atomic E-state index is 15.2. The first-order valence-electron chi connectivity index (χ1n) is 11.4. The Morgan fingerprint density at radius 3 is 2.75 bits per heavy atom. The van der Waals surface area contributed by atoms with Gasteiger partial charge >= 0.3 is 0 Å². The SMILES string of the molecule is CC1C(C(=O)Nc2cn3cc(-c4c(Cl)c(F)c(N(C)C)c5[nH]ncc45)ncc3n2)C1c1cnn(C)c1. The zero-order chi connectivity index (χ0) is 25.3. The van der Waals surface area contributed by atoms with Crippen LogP contribution < -0.4 is 10.2 Å². The van der Waals surface area contributed by atoms with Gasteiger partial charge in [0, 0.05) is 56.3 Å². The largest absolute Gasteiger partial charge is 0.373 e. The van der Waals surface area contributed by atoms with Crippen LogP contribution in [0.2, 0.25) is 5.02 Å². The van der Waals surface area contributed by atoms with Gasteiger partial charge in [0.25, 0.3) is 0 Å². The lowest BCUT2D eigenvalue weighted by atomic mass is 10.1. The van der Waals surface area contributed by atoms with Gasteiger partial charge in [0.1, 0.15) is 5.69 Å². The second kappa shape index (κ2) is 8.02. The molecule has 5 aromatic rings. The lowest BCUT2D eigenvalue weighted by Gasteiger charge is -2.17. The molecular formula is C24H23ClFN9O. The zero-order valence-electron chi connectivity index (χ0n) is 20.0. The predicted octanol–water partition coefficient (Wildman–Crippen LogP) is 3.85. The van der Waals surface area contributed by atoms with Crippen molar-refractivity contribution in [3.8, 4) is 11.3 Å². The van der Waals surface area contributed by atoms with E-state index in [1.165, 1.54) is 0 Å². The van der Waals surface area contributed by atoms with Crippen molar-refractivity contribution in [1.82, 2.24) is 34.3 Å². The number of aryl methyl sites for hydroxylation is 1. The number of carbonyl (C=O) groups is 1. The van der Waals surface area contributed by atoms with Gasteiger partial charge in [-0.1, -0.05) is 18.5 Å². The minimum absolute atomic E-state index is 0.0442. The van der Waals surface area contributed by atoms with E-state index in [9.17, 15) is 4.79 Å². The Hall–Kier alpha value is -3.99. The van der Waals surface area contributed by atoms with E-state index < -0.39 is 5.82 Å². The third kappa shape index (κ3) is 3.41. The molecule has 6 rings (SSSR count). The number of nitrogens with one attached hydrogen (secondary N) is 2. The van der Waals surface area contributed by atoms with Crippen LogP contribution in [0.5, 0.6) is 0 Å². The van der Waals surface area contributed by atoms with E-state index in [4.69, 9.17) is 11.6 Å². The number of imidazole rings is 1. The van der Waals surface area contributed by atoms with Crippen molar-refractivity contribution in [2.24, 2.45) is 18.9 Å². The Labute approximate surface area is 210 Å². The summed E-state index contributed by atoms with van der Waals surface area (Å²) in [5.41, 5.74) is 3.32. The number of rotatable bonds is 5. The van der Waals surface area contributed by atoms with Gasteiger partial charge in [-0.15, -0.1) is 0 Å². The average molecular weight is 508 g/mol. The molecule has 1 aliphatic carbocycles. The lowest BCUT2D eigenvalue weighted by Crippen LogP contribution is -2.15. The molecule has 12 heteroatoms. The first-order valence-corrected chi connectivity index (χ1v) is 11.8. The number of anilines is 2. The molecule has 1 fully saturated rings. The quantitative estimate of drug-likeness (QED) is 0.374. The zero-order valence-corrected chi connectivity index (χ0v) is 20.7. The Bertz CT molecular complexity index is 1650. The second-order valence-corrected chi connectivity index (χ2v) is 9.79. The molecule has 1 saturated carbocycles. The molecule has 184 valence electrons. The number of amides is 1. The molecule has 0 saturated heterocycles. The number of halogens is 2. The number of hydrogen-bond acceptors (Lipinski definition) is 6. The van der Waals surface area contributed by atoms with Crippen molar-refractivity contribution < 1.29 is 9.18 Å². The van der Waals surface area contributed by atoms with E-state index >= 15 is 4.39 Å². The van der Waals surface area contributed by atoms with Crippen LogP contribution in [-0.2, 0) is 11.8 Å². The summed E-state index contributed by atoms with van der Waals surface area (Å²) in [6, 6.07) is 0. The number of H-pyrrole nitrogens is 1. The van der Waals surface area contributed by atoms with Crippen LogP contribution in [-0.4, -0.2) is 54.3 Å². The molecule has 2 N–H and O–H groups in total. The molecule has 4 heterocycles. The van der Waals surface area contributed by atoms with Crippen molar-refractivity contribution in [2.75, 3.05) is 24.3 Å². The minimum Gasteiger partial charge on any atom is -0.373 e. The molecule has 10 nitrogen and oxygen atoms in total. The van der Waals surface area contributed by atoms with Crippen LogP contribution >= 0.6 is 11.6 Å². The van der Waals surface area contributed by atoms with Gasteiger partial charge in [0.15, 0.2) is 17.3 Å². The van der Waals surface area contributed by atoms with Crippen LogP contribution in [0.4, 0.5) is 15.9 Å². The van der Waals surface area contributed by atoms with E-state index in [-0.39, 0.29) is 28.7 Å². The molecule has 4 aromatic heterocycles. The average Bonchev–Trinajstić information content (AvgIpc) is 3.24. The van der Waals surface area contributed by atoms with E-state index in [1.54, 1.807) is 52.9 Å². The number of aromatic nitrogens is 7. The molecule has 0 aliphatic heterocycles. The second-order valence-electron chi connectivity index (χ2n) is 9.42. The topological polar surface area (TPSA) is 109 Å². The van der Waals surface area contributed by atoms with Gasteiger partial charge in [-0.3, -0.25) is 19.6 Å². The fourth-order valence-corrected chi connectivity index (χ4v) is 5.34. The summed E-state index contributed by atoms with van der Waals surface area (Å²) in [4.78, 5) is 23.5. The molecule has 0 spiro atoms. The van der Waals surface area contributed by atoms with Crippen molar-refractivity contribution >= 4 is 45.6 Å². The normalized spacial score (nSPS) is 19.2. The van der Waals surface area contributed by atoms with Gasteiger partial charge in [0.2, 0.25) is 5.91 Å². The van der Waals surface area contributed by atoms with E-state index in [1.807, 2.05) is 19.4 Å². The minimum atomic E-state index is -0.560. The highest BCUT2D eigenvalue weighted by Gasteiger charge is 2.53. The van der Waals surface area contributed by atoms with Crippen molar-refractivity contribution in [3.05, 3.63) is 53.6 Å². The van der Waals surface area contributed by atoms with Crippen molar-refractivity contribution in [1.29, 1.82) is 0 Å². The van der Waals surface area contributed by atoms with Gasteiger partial charge in [-0.05, 0) is 11.5 Å². The summed E-state index contributed by atoms with van der Waals surface area (Å²) in [7, 11) is 5.34. The standard InChI is InChI=1S/C24H23ClFN9O/c1-11-17(12-5-29-34(4)8-12)18(11)24(36)31-15-10-35-9-14(27-7-16(35)30-15)19-13-6-28-32-22(13)23(33(2)3)21(26)20(19)25/h5-11,17-18H,1-4H3,(H,28,32)(H,31,36). The first-order chi connectivity index (χ1) is 17.2. The van der Waals surface area contributed by atoms with E-state index in [0.29, 0.717) is 39.3 Å². The van der Waals surface area contributed by atoms with Gasteiger partial charge in [0.05, 0.1) is 41.0 Å². The molecule has 3 unspecified atom stereocenters. The molecular weight excluding hydrogens is 485 g/mol. The number of fused-ring (bicyclic) bond motifs is 2. The number of aromatic amines is 1. The van der Waals surface area contributed by atoms with Crippen LogP contribution in [0.15, 0.2) is 37.2 Å². The summed E-state index contributed by atoms with van der Waals surface area (Å²) in [6.07, 6.45) is 10.3. The molecule has 0 bridgehead atoms. The van der Waals surface area contributed by atoms with Crippen LogP contribution in [0.1, 0.15) is 18.4 Å². The van der Waals surface area contributed by atoms with Gasteiger partial charge < -0.3 is 14.6 Å². The van der Waals surface area contributed by atoms with Gasteiger partial charge in [-0.2, -0.15) is 10.2 Å².